The van der Waals surface area contributed by atoms with Gasteiger partial charge in [0, 0.05) is 18.5 Å². The summed E-state index contributed by atoms with van der Waals surface area (Å²) in [7, 11) is 0. The molecule has 2 fully saturated rings. The molecule has 0 spiro atoms. The average molecular weight is 267 g/mol. The lowest BCUT2D eigenvalue weighted by Crippen LogP contribution is -2.41. The number of carbonyl (C=O) groups is 1. The standard InChI is InChI=1S/C12H17N3O2S/c16-11-6-15(12(17)9-7-18-8-13-9)5-10(11)14-3-1-2-4-14/h7-8,10-11,16H,1-6H2/t10-,11-/m1/s1. The molecule has 3 rings (SSSR count). The van der Waals surface area contributed by atoms with Crippen LogP contribution in [-0.2, 0) is 0 Å². The van der Waals surface area contributed by atoms with Crippen LogP contribution in [0.1, 0.15) is 23.3 Å². The summed E-state index contributed by atoms with van der Waals surface area (Å²) in [4.78, 5) is 20.2. The number of likely N-dealkylation sites (tertiary alicyclic amines) is 2. The Hall–Kier alpha value is -0.980. The lowest BCUT2D eigenvalue weighted by atomic mass is 10.2. The largest absolute Gasteiger partial charge is 0.390 e. The molecular weight excluding hydrogens is 250 g/mol. The first-order valence-electron chi connectivity index (χ1n) is 6.35. The lowest BCUT2D eigenvalue weighted by Gasteiger charge is -2.25. The molecule has 0 bridgehead atoms. The Bertz CT molecular complexity index is 417. The molecule has 18 heavy (non-hydrogen) atoms. The van der Waals surface area contributed by atoms with E-state index in [1.807, 2.05) is 0 Å². The van der Waals surface area contributed by atoms with Gasteiger partial charge in [0.05, 0.1) is 17.7 Å². The van der Waals surface area contributed by atoms with Gasteiger partial charge < -0.3 is 10.0 Å². The average Bonchev–Trinajstić information content (AvgIpc) is 3.09. The predicted octanol–water partition coefficient (Wildman–Crippen LogP) is 0.424. The van der Waals surface area contributed by atoms with Crippen LogP contribution in [0.3, 0.4) is 0 Å². The molecule has 0 radical (unpaired) electrons. The third-order valence-corrected chi connectivity index (χ3v) is 4.39. The van der Waals surface area contributed by atoms with E-state index in [9.17, 15) is 9.90 Å². The van der Waals surface area contributed by atoms with E-state index < -0.39 is 6.10 Å². The molecule has 1 N–H and O–H groups in total. The number of carbonyl (C=O) groups excluding carboxylic acids is 1. The number of aromatic nitrogens is 1. The summed E-state index contributed by atoms with van der Waals surface area (Å²) < 4.78 is 0. The van der Waals surface area contributed by atoms with Gasteiger partial charge in [-0.25, -0.2) is 4.98 Å². The topological polar surface area (TPSA) is 56.7 Å². The summed E-state index contributed by atoms with van der Waals surface area (Å²) in [6.45, 7) is 3.13. The summed E-state index contributed by atoms with van der Waals surface area (Å²) in [6.07, 6.45) is 1.97. The van der Waals surface area contributed by atoms with Crippen molar-refractivity contribution in [3.05, 3.63) is 16.6 Å². The first kappa shape index (κ1) is 12.1. The van der Waals surface area contributed by atoms with Crippen LogP contribution < -0.4 is 0 Å². The molecule has 0 aromatic carbocycles. The molecule has 1 aromatic heterocycles. The fourth-order valence-corrected chi connectivity index (χ4v) is 3.37. The van der Waals surface area contributed by atoms with Crippen LogP contribution in [-0.4, -0.2) is 64.1 Å². The third kappa shape index (κ3) is 2.15. The van der Waals surface area contributed by atoms with Gasteiger partial charge in [0.2, 0.25) is 0 Å². The van der Waals surface area contributed by atoms with Crippen molar-refractivity contribution in [1.82, 2.24) is 14.8 Å². The van der Waals surface area contributed by atoms with Crippen molar-refractivity contribution < 1.29 is 9.90 Å². The molecule has 1 amide bonds. The van der Waals surface area contributed by atoms with E-state index in [-0.39, 0.29) is 11.9 Å². The molecular formula is C12H17N3O2S. The van der Waals surface area contributed by atoms with Gasteiger partial charge in [-0.1, -0.05) is 0 Å². The number of thiazole rings is 1. The van der Waals surface area contributed by atoms with Crippen molar-refractivity contribution in [2.24, 2.45) is 0 Å². The first-order valence-corrected chi connectivity index (χ1v) is 7.29. The maximum absolute atomic E-state index is 12.2. The fraction of sp³-hybridized carbons (Fsp3) is 0.667. The van der Waals surface area contributed by atoms with Crippen LogP contribution in [0.25, 0.3) is 0 Å². The number of aliphatic hydroxyl groups is 1. The molecule has 0 saturated carbocycles. The number of β-amino-alcohol motifs (C(OH)–C–C–N with tert-alkyl or cyclic N) is 1. The zero-order valence-electron chi connectivity index (χ0n) is 10.2. The summed E-state index contributed by atoms with van der Waals surface area (Å²) >= 11 is 1.42. The second-order valence-corrected chi connectivity index (χ2v) is 5.68. The number of nitrogens with zero attached hydrogens (tertiary/aromatic N) is 3. The van der Waals surface area contributed by atoms with Crippen molar-refractivity contribution >= 4 is 17.2 Å². The van der Waals surface area contributed by atoms with Crippen LogP contribution in [0, 0.1) is 0 Å². The fourth-order valence-electron chi connectivity index (χ4n) is 2.85. The van der Waals surface area contributed by atoms with Crippen molar-refractivity contribution in [3.63, 3.8) is 0 Å². The second kappa shape index (κ2) is 4.95. The quantitative estimate of drug-likeness (QED) is 0.844. The maximum atomic E-state index is 12.2. The molecule has 2 aliphatic rings. The zero-order chi connectivity index (χ0) is 12.5. The third-order valence-electron chi connectivity index (χ3n) is 3.81. The van der Waals surface area contributed by atoms with E-state index in [4.69, 9.17) is 0 Å². The van der Waals surface area contributed by atoms with Crippen LogP contribution in [0.15, 0.2) is 10.9 Å². The number of hydrogen-bond acceptors (Lipinski definition) is 5. The van der Waals surface area contributed by atoms with Gasteiger partial charge >= 0.3 is 0 Å². The summed E-state index contributed by atoms with van der Waals surface area (Å²) in [5.41, 5.74) is 2.16. The molecule has 6 heteroatoms. The molecule has 1 aromatic rings. The zero-order valence-corrected chi connectivity index (χ0v) is 11.0. The van der Waals surface area contributed by atoms with Crippen molar-refractivity contribution in [2.75, 3.05) is 26.2 Å². The van der Waals surface area contributed by atoms with Gasteiger partial charge in [0.15, 0.2) is 0 Å². The Labute approximate surface area is 110 Å². The minimum absolute atomic E-state index is 0.0583. The minimum Gasteiger partial charge on any atom is -0.390 e. The molecule has 0 aliphatic carbocycles. The molecule has 0 unspecified atom stereocenters. The van der Waals surface area contributed by atoms with E-state index in [1.165, 1.54) is 24.2 Å². The van der Waals surface area contributed by atoms with Gasteiger partial charge in [-0.05, 0) is 25.9 Å². The Kier molecular flexibility index (Phi) is 3.32. The van der Waals surface area contributed by atoms with Crippen LogP contribution in [0.2, 0.25) is 0 Å². The Balaban J connectivity index is 1.68. The van der Waals surface area contributed by atoms with Crippen LogP contribution in [0.5, 0.6) is 0 Å². The SMILES string of the molecule is O=C(c1cscn1)N1C[C@@H](O)[C@H](N2CCCC2)C1. The van der Waals surface area contributed by atoms with E-state index in [2.05, 4.69) is 9.88 Å². The van der Waals surface area contributed by atoms with E-state index in [0.717, 1.165) is 13.1 Å². The van der Waals surface area contributed by atoms with E-state index >= 15 is 0 Å². The lowest BCUT2D eigenvalue weighted by molar-refractivity contribution is 0.0758. The van der Waals surface area contributed by atoms with Gasteiger partial charge in [-0.3, -0.25) is 9.69 Å². The predicted molar refractivity (Wildman–Crippen MR) is 68.6 cm³/mol. The number of rotatable bonds is 2. The van der Waals surface area contributed by atoms with Crippen molar-refractivity contribution in [2.45, 2.75) is 25.0 Å². The number of aliphatic hydroxyl groups excluding tert-OH is 1. The molecule has 2 saturated heterocycles. The number of hydrogen-bond donors (Lipinski definition) is 1. The van der Waals surface area contributed by atoms with Gasteiger partial charge in [0.1, 0.15) is 5.69 Å². The summed E-state index contributed by atoms with van der Waals surface area (Å²) in [6, 6.07) is 0.107. The molecule has 2 aliphatic heterocycles. The highest BCUT2D eigenvalue weighted by atomic mass is 32.1. The number of amides is 1. The van der Waals surface area contributed by atoms with Crippen molar-refractivity contribution in [1.29, 1.82) is 0 Å². The smallest absolute Gasteiger partial charge is 0.273 e. The maximum Gasteiger partial charge on any atom is 0.273 e. The van der Waals surface area contributed by atoms with Crippen LogP contribution in [0.4, 0.5) is 0 Å². The van der Waals surface area contributed by atoms with E-state index in [0.29, 0.717) is 18.8 Å². The Morgan fingerprint density at radius 3 is 2.83 bits per heavy atom. The molecule has 98 valence electrons. The van der Waals surface area contributed by atoms with Gasteiger partial charge in [-0.15, -0.1) is 11.3 Å². The highest BCUT2D eigenvalue weighted by Crippen LogP contribution is 2.22. The molecule has 5 nitrogen and oxygen atoms in total. The molecule has 2 atom stereocenters. The first-order chi connectivity index (χ1) is 8.75. The highest BCUT2D eigenvalue weighted by Gasteiger charge is 2.38. The monoisotopic (exact) mass is 267 g/mol. The van der Waals surface area contributed by atoms with Gasteiger partial charge in [-0.2, -0.15) is 0 Å². The Morgan fingerprint density at radius 2 is 2.17 bits per heavy atom. The summed E-state index contributed by atoms with van der Waals surface area (Å²) in [5.74, 6) is -0.0583. The second-order valence-electron chi connectivity index (χ2n) is 4.96. The summed E-state index contributed by atoms with van der Waals surface area (Å²) in [5, 5.41) is 11.9. The minimum atomic E-state index is -0.425. The highest BCUT2D eigenvalue weighted by molar-refractivity contribution is 7.07. The molecule has 3 heterocycles. The normalized spacial score (nSPS) is 29.1. The van der Waals surface area contributed by atoms with Gasteiger partial charge in [0.25, 0.3) is 5.91 Å². The Morgan fingerprint density at radius 1 is 1.39 bits per heavy atom. The van der Waals surface area contributed by atoms with E-state index in [1.54, 1.807) is 15.8 Å². The van der Waals surface area contributed by atoms with Crippen LogP contribution >= 0.6 is 11.3 Å². The van der Waals surface area contributed by atoms with Crippen molar-refractivity contribution in [3.8, 4) is 0 Å².